The Labute approximate surface area is 491 Å². The van der Waals surface area contributed by atoms with Crippen LogP contribution in [0.4, 0.5) is 0 Å². The number of nitrogens with one attached hydrogen (secondary N) is 2. The van der Waals surface area contributed by atoms with Crippen molar-refractivity contribution in [2.24, 2.45) is 49.7 Å². The average molecular weight is 1160 g/mol. The summed E-state index contributed by atoms with van der Waals surface area (Å²) in [7, 11) is 9.88. The Bertz CT molecular complexity index is 2060. The van der Waals surface area contributed by atoms with Crippen LogP contribution >= 0.6 is 11.8 Å². The molecule has 1 unspecified atom stereocenters. The molecule has 16 fully saturated rings. The van der Waals surface area contributed by atoms with Crippen molar-refractivity contribution >= 4 is 42.5 Å². The molecule has 16 aliphatic rings. The lowest BCUT2D eigenvalue weighted by molar-refractivity contribution is -0.0118. The van der Waals surface area contributed by atoms with Crippen LogP contribution in [0.3, 0.4) is 0 Å². The highest BCUT2D eigenvalue weighted by Gasteiger charge is 2.54. The van der Waals surface area contributed by atoms with Crippen LogP contribution in [0.5, 0.6) is 0 Å². The number of hydrogen-bond acceptors (Lipinski definition) is 12. The fraction of sp³-hybridized carbons (Fsp3) is 0.969. The zero-order chi connectivity index (χ0) is 56.3. The van der Waals surface area contributed by atoms with Gasteiger partial charge in [0, 0.05) is 112 Å². The van der Waals surface area contributed by atoms with Crippen LogP contribution in [0.15, 0.2) is 0 Å². The van der Waals surface area contributed by atoms with E-state index in [4.69, 9.17) is 4.74 Å². The lowest BCUT2D eigenvalue weighted by Gasteiger charge is -2.56. The molecule has 8 spiro atoms. The molecule has 4 aliphatic carbocycles. The summed E-state index contributed by atoms with van der Waals surface area (Å²) in [5, 5.41) is 6.70. The van der Waals surface area contributed by atoms with Gasteiger partial charge in [-0.1, -0.05) is 52.4 Å². The summed E-state index contributed by atoms with van der Waals surface area (Å²) in [6, 6.07) is 0. The Hall–Kier alpha value is 0.0300. The van der Waals surface area contributed by atoms with E-state index in [2.05, 4.69) is 120 Å². The van der Waals surface area contributed by atoms with Crippen molar-refractivity contribution in [2.75, 3.05) is 189 Å². The highest BCUT2D eigenvalue weighted by Crippen LogP contribution is 2.50. The molecule has 3 atom stereocenters. The van der Waals surface area contributed by atoms with Crippen molar-refractivity contribution in [3.63, 3.8) is 0 Å². The molecule has 0 aromatic heterocycles. The first-order valence-corrected chi connectivity index (χ1v) is 37.9. The molecule has 12 heterocycles. The van der Waals surface area contributed by atoms with Gasteiger partial charge in [-0.25, -0.2) is 0 Å². The minimum Gasteiger partial charge on any atom is -0.381 e. The van der Waals surface area contributed by atoms with Crippen molar-refractivity contribution in [3.8, 4) is 0 Å². The average Bonchev–Trinajstić information content (AvgIpc) is 4.28. The van der Waals surface area contributed by atoms with Gasteiger partial charge in [0.2, 0.25) is 0 Å². The van der Waals surface area contributed by atoms with E-state index in [0.29, 0.717) is 10.8 Å². The number of piperidine rings is 3. The topological polar surface area (TPSA) is 86.9 Å². The predicted octanol–water partition coefficient (Wildman–Crippen LogP) is 8.56. The molecule has 0 bridgehead atoms. The molecule has 0 amide bonds. The van der Waals surface area contributed by atoms with E-state index in [1.807, 2.05) is 0 Å². The Morgan fingerprint density at radius 1 is 0.468 bits per heavy atom. The summed E-state index contributed by atoms with van der Waals surface area (Å²) >= 11 is 2.12. The molecule has 458 valence electrons. The van der Waals surface area contributed by atoms with Gasteiger partial charge in [-0.05, 0) is 253 Å². The second-order valence-corrected chi connectivity index (χ2v) is 37.8. The van der Waals surface area contributed by atoms with Crippen molar-refractivity contribution in [1.82, 2.24) is 40.0 Å². The maximum atomic E-state index is 11.6. The second-order valence-electron chi connectivity index (χ2n) is 31.4. The highest BCUT2D eigenvalue weighted by atomic mass is 32.2. The third-order valence-electron chi connectivity index (χ3n) is 24.3. The van der Waals surface area contributed by atoms with E-state index in [0.717, 1.165) is 102 Å². The van der Waals surface area contributed by atoms with Crippen LogP contribution < -0.4 is 10.6 Å². The van der Waals surface area contributed by atoms with Crippen LogP contribution in [-0.2, 0) is 23.8 Å². The minimum absolute atomic E-state index is 0.155. The van der Waals surface area contributed by atoms with Crippen LogP contribution in [0.25, 0.3) is 0 Å². The van der Waals surface area contributed by atoms with E-state index in [-0.39, 0.29) is 4.75 Å². The second kappa shape index (κ2) is 26.2. The normalized spacial score (nSPS) is 35.5. The maximum Gasteiger partial charge on any atom is 0.0645 e. The summed E-state index contributed by atoms with van der Waals surface area (Å²) in [6.45, 7) is 27.0. The van der Waals surface area contributed by atoms with Gasteiger partial charge in [-0.3, -0.25) is 8.42 Å². The smallest absolute Gasteiger partial charge is 0.0645 e. The van der Waals surface area contributed by atoms with E-state index in [1.165, 1.54) is 225 Å². The predicted molar refractivity (Wildman–Crippen MR) is 344 cm³/mol. The minimum atomic E-state index is -1.66. The largest absolute Gasteiger partial charge is 0.381 e. The first-order chi connectivity index (χ1) is 37.5. The first kappa shape index (κ1) is 63.5. The monoisotopic (exact) mass is 1160 g/mol. The fourth-order valence-electron chi connectivity index (χ4n) is 17.9. The van der Waals surface area contributed by atoms with Crippen molar-refractivity contribution in [3.05, 3.63) is 0 Å². The lowest BCUT2D eigenvalue weighted by Crippen LogP contribution is -2.70. The summed E-state index contributed by atoms with van der Waals surface area (Å²) < 4.78 is 28.4. The molecule has 12 saturated heterocycles. The van der Waals surface area contributed by atoms with E-state index in [9.17, 15) is 8.42 Å². The molecule has 2 N–H and O–H groups in total. The maximum absolute atomic E-state index is 11.6. The van der Waals surface area contributed by atoms with Gasteiger partial charge in [0.15, 0.2) is 0 Å². The molecule has 11 nitrogen and oxygen atoms in total. The van der Waals surface area contributed by atoms with E-state index in [1.54, 1.807) is 0 Å². The van der Waals surface area contributed by atoms with Crippen LogP contribution in [0, 0.1) is 49.7 Å². The summed E-state index contributed by atoms with van der Waals surface area (Å²) in [5.74, 6) is 14.9. The SMILES string of the molecule is C=S1(=O)CC2(CN(C)C2)C1.C=S1(=O)CCC12CN(C)C2.CN1CC2(CCCCC2)C1.CN1CCC2(CCCC2)CC1.CN1CCC2(CCOC2)CC1.CN1CCCC2(CCC2)C1.C[C@@H]1CCC12CNC2.C[C@@H]1CSCC12CNC2. The van der Waals surface area contributed by atoms with E-state index >= 15 is 0 Å². The molecule has 79 heavy (non-hydrogen) atoms. The Morgan fingerprint density at radius 2 is 0.962 bits per heavy atom. The lowest BCUT2D eigenvalue weighted by atomic mass is 9.57. The van der Waals surface area contributed by atoms with Crippen molar-refractivity contribution in [2.45, 2.75) is 160 Å². The number of nitrogens with zero attached hydrogens (tertiary/aromatic N) is 6. The third kappa shape index (κ3) is 15.4. The van der Waals surface area contributed by atoms with Gasteiger partial charge < -0.3 is 44.8 Å². The van der Waals surface area contributed by atoms with Gasteiger partial charge in [0.05, 0.1) is 11.4 Å². The molecule has 0 aromatic carbocycles. The zero-order valence-electron chi connectivity index (χ0n) is 52.5. The van der Waals surface area contributed by atoms with Crippen molar-refractivity contribution in [1.29, 1.82) is 0 Å². The molecule has 14 heteroatoms. The third-order valence-corrected chi connectivity index (χ3v) is 31.0. The number of likely N-dealkylation sites (tertiary alicyclic amines) is 6. The molecule has 0 radical (unpaired) electrons. The number of thioether (sulfide) groups is 1. The molecule has 0 aromatic rings. The molecular formula is C65H122N8O3S3. The van der Waals surface area contributed by atoms with Crippen LogP contribution in [-0.4, -0.2) is 243 Å². The van der Waals surface area contributed by atoms with E-state index < -0.39 is 19.0 Å². The van der Waals surface area contributed by atoms with Gasteiger partial charge in [-0.2, -0.15) is 11.8 Å². The van der Waals surface area contributed by atoms with Crippen LogP contribution in [0.1, 0.15) is 155 Å². The van der Waals surface area contributed by atoms with Gasteiger partial charge in [0.1, 0.15) is 0 Å². The summed E-state index contributed by atoms with van der Waals surface area (Å²) in [4.78, 5) is 14.3. The van der Waals surface area contributed by atoms with Crippen molar-refractivity contribution < 1.29 is 13.2 Å². The standard InChI is InChI=1S/C10H19N.C9H17NO.2C9H17N.2C7H13NOS.C7H13NS.C7H13N/c1-11-8-6-10(7-9-11)4-2-3-5-10;1-10-5-2-9(3-6-10)4-7-11-8-9;1-10-7-3-6-9(8-10)4-2-5-9;1-10-7-9(8-10)5-3-2-4-6-9;1-8-3-7(4-8)5-10(2,9)6-7;1-8-5-7(6-8)3-4-10(7,2)9;1-6-2-9-5-7(6)3-8-4-7;1-6-2-3-7(6)4-8-5-7/h2-9H2,1H3;2-8H2,1H3;2*2-8H2,1H3;2*2-6H2,1H3;6,8H,2-5H2,1H3;6,8H,2-5H2,1H3/t;;;;;;2*6-/m......11/s1. The Balaban J connectivity index is 0.000000110. The number of rotatable bonds is 0. The van der Waals surface area contributed by atoms with Gasteiger partial charge in [0.25, 0.3) is 0 Å². The fourth-order valence-corrected chi connectivity index (χ4v) is 24.3. The molecule has 16 rings (SSSR count). The van der Waals surface area contributed by atoms with Crippen LogP contribution in [0.2, 0.25) is 0 Å². The molecule has 4 saturated carbocycles. The van der Waals surface area contributed by atoms with Gasteiger partial charge in [-0.15, -0.1) is 0 Å². The highest BCUT2D eigenvalue weighted by molar-refractivity contribution is 8.03. The number of hydrogen-bond donors (Lipinski definition) is 2. The number of ether oxygens (including phenoxy) is 1. The molecular weight excluding hydrogens is 1040 g/mol. The van der Waals surface area contributed by atoms with Gasteiger partial charge >= 0.3 is 0 Å². The first-order valence-electron chi connectivity index (χ1n) is 32.8. The zero-order valence-corrected chi connectivity index (χ0v) is 55.0. The quantitative estimate of drug-likeness (QED) is 0.228. The Morgan fingerprint density at radius 3 is 1.28 bits per heavy atom. The molecule has 12 aliphatic heterocycles. The Kier molecular flexibility index (Phi) is 21.0. The summed E-state index contributed by atoms with van der Waals surface area (Å²) in [6.07, 6.45) is 32.1. The summed E-state index contributed by atoms with van der Waals surface area (Å²) in [5.41, 5.74) is 4.96.